The summed E-state index contributed by atoms with van der Waals surface area (Å²) in [6, 6.07) is 1.96. The van der Waals surface area contributed by atoms with Crippen LogP contribution in [0.15, 0.2) is 12.1 Å². The Morgan fingerprint density at radius 2 is 2.20 bits per heavy atom. The first-order valence-corrected chi connectivity index (χ1v) is 6.59. The van der Waals surface area contributed by atoms with Gasteiger partial charge in [0.05, 0.1) is 12.1 Å². The normalized spacial score (nSPS) is 16.9. The number of nitrogens with one attached hydrogen (secondary N) is 1. The molecule has 1 N–H and O–H groups in total. The number of nitrogens with zero attached hydrogens (tertiary/aromatic N) is 1. The minimum Gasteiger partial charge on any atom is -0.465 e. The monoisotopic (exact) mass is 280 g/mol. The Bertz CT molecular complexity index is 677. The van der Waals surface area contributed by atoms with Crippen LogP contribution in [0.25, 0.3) is 11.0 Å². The number of aromatic nitrogens is 2. The number of hydrogen-bond acceptors (Lipinski definition) is 3. The van der Waals surface area contributed by atoms with Crippen molar-refractivity contribution < 1.29 is 18.3 Å². The Morgan fingerprint density at radius 3 is 2.80 bits per heavy atom. The number of carbonyl (C=O) groups is 1. The van der Waals surface area contributed by atoms with Crippen LogP contribution in [0.5, 0.6) is 0 Å². The van der Waals surface area contributed by atoms with Gasteiger partial charge in [-0.05, 0) is 25.8 Å². The minimum absolute atomic E-state index is 0.0528. The lowest BCUT2D eigenvalue weighted by atomic mass is 9.68. The summed E-state index contributed by atoms with van der Waals surface area (Å²) < 4.78 is 32.0. The van der Waals surface area contributed by atoms with Gasteiger partial charge in [-0.1, -0.05) is 6.42 Å². The Morgan fingerprint density at radius 1 is 1.45 bits per heavy atom. The molecule has 1 aliphatic carbocycles. The number of imidazole rings is 1. The van der Waals surface area contributed by atoms with Crippen LogP contribution >= 0.6 is 0 Å². The molecule has 0 saturated heterocycles. The van der Waals surface area contributed by atoms with Gasteiger partial charge >= 0.3 is 5.97 Å². The fourth-order valence-corrected chi connectivity index (χ4v) is 2.61. The van der Waals surface area contributed by atoms with Crippen LogP contribution in [-0.2, 0) is 14.9 Å². The van der Waals surface area contributed by atoms with Crippen molar-refractivity contribution in [3.63, 3.8) is 0 Å². The fourth-order valence-electron chi connectivity index (χ4n) is 2.61. The largest absolute Gasteiger partial charge is 0.465 e. The summed E-state index contributed by atoms with van der Waals surface area (Å²) in [7, 11) is 0. The van der Waals surface area contributed by atoms with E-state index in [0.29, 0.717) is 18.7 Å². The van der Waals surface area contributed by atoms with Crippen LogP contribution in [0, 0.1) is 11.6 Å². The highest BCUT2D eigenvalue weighted by molar-refractivity contribution is 5.85. The first-order valence-electron chi connectivity index (χ1n) is 6.59. The minimum atomic E-state index is -0.835. The van der Waals surface area contributed by atoms with Crippen LogP contribution in [-0.4, -0.2) is 22.5 Å². The summed E-state index contributed by atoms with van der Waals surface area (Å²) in [5.74, 6) is -1.40. The predicted octanol–water partition coefficient (Wildman–Crippen LogP) is 2.83. The van der Waals surface area contributed by atoms with Gasteiger partial charge in [-0.25, -0.2) is 13.8 Å². The molecule has 0 atom stereocenters. The molecule has 1 fully saturated rings. The van der Waals surface area contributed by atoms with Gasteiger partial charge in [0.25, 0.3) is 0 Å². The molecule has 4 nitrogen and oxygen atoms in total. The number of H-pyrrole nitrogens is 1. The fraction of sp³-hybridized carbons (Fsp3) is 0.429. The van der Waals surface area contributed by atoms with Crippen molar-refractivity contribution in [2.75, 3.05) is 6.61 Å². The van der Waals surface area contributed by atoms with E-state index in [0.717, 1.165) is 12.5 Å². The number of halogens is 2. The van der Waals surface area contributed by atoms with Crippen molar-refractivity contribution in [1.29, 1.82) is 0 Å². The van der Waals surface area contributed by atoms with Gasteiger partial charge in [0.1, 0.15) is 22.6 Å². The van der Waals surface area contributed by atoms with Gasteiger partial charge in [-0.2, -0.15) is 0 Å². The summed E-state index contributed by atoms with van der Waals surface area (Å²) in [4.78, 5) is 19.1. The zero-order valence-corrected chi connectivity index (χ0v) is 11.0. The van der Waals surface area contributed by atoms with Crippen molar-refractivity contribution in [3.05, 3.63) is 29.6 Å². The van der Waals surface area contributed by atoms with E-state index in [1.807, 2.05) is 0 Å². The van der Waals surface area contributed by atoms with Crippen LogP contribution in [0.1, 0.15) is 32.0 Å². The smallest absolute Gasteiger partial charge is 0.319 e. The van der Waals surface area contributed by atoms with E-state index in [9.17, 15) is 13.6 Å². The molecule has 0 bridgehead atoms. The second-order valence-electron chi connectivity index (χ2n) is 5.03. The third-order valence-corrected chi connectivity index (χ3v) is 3.83. The Balaban J connectivity index is 2.09. The second kappa shape index (κ2) is 4.54. The molecule has 0 aliphatic heterocycles. The molecule has 1 aliphatic rings. The van der Waals surface area contributed by atoms with Crippen LogP contribution < -0.4 is 0 Å². The number of esters is 1. The zero-order chi connectivity index (χ0) is 14.3. The van der Waals surface area contributed by atoms with Gasteiger partial charge in [0, 0.05) is 6.07 Å². The van der Waals surface area contributed by atoms with Crippen LogP contribution in [0.2, 0.25) is 0 Å². The molecule has 1 aromatic carbocycles. The predicted molar refractivity (Wildman–Crippen MR) is 68.2 cm³/mol. The van der Waals surface area contributed by atoms with Crippen molar-refractivity contribution >= 4 is 17.0 Å². The highest BCUT2D eigenvalue weighted by Gasteiger charge is 2.49. The lowest BCUT2D eigenvalue weighted by molar-refractivity contribution is -0.154. The van der Waals surface area contributed by atoms with E-state index >= 15 is 0 Å². The molecule has 1 saturated carbocycles. The van der Waals surface area contributed by atoms with E-state index in [-0.39, 0.29) is 23.6 Å². The maximum absolute atomic E-state index is 13.7. The van der Waals surface area contributed by atoms with Crippen molar-refractivity contribution in [2.45, 2.75) is 31.6 Å². The highest BCUT2D eigenvalue weighted by Crippen LogP contribution is 2.44. The van der Waals surface area contributed by atoms with Gasteiger partial charge in [-0.15, -0.1) is 0 Å². The van der Waals surface area contributed by atoms with E-state index in [2.05, 4.69) is 9.97 Å². The molecule has 106 valence electrons. The van der Waals surface area contributed by atoms with Crippen LogP contribution in [0.4, 0.5) is 8.78 Å². The number of hydrogen-bond donors (Lipinski definition) is 1. The molecular formula is C14H14F2N2O2. The molecule has 3 rings (SSSR count). The van der Waals surface area contributed by atoms with Gasteiger partial charge in [0.2, 0.25) is 0 Å². The maximum atomic E-state index is 13.7. The zero-order valence-electron chi connectivity index (χ0n) is 11.0. The molecular weight excluding hydrogens is 266 g/mol. The average Bonchev–Trinajstić information content (AvgIpc) is 2.72. The standard InChI is InChI=1S/C14H14F2N2O2/c1-2-20-13(19)14(4-3-5-14)12-17-10-7-8(15)6-9(16)11(10)18-12/h6-7H,2-5H2,1H3,(H,17,18). The van der Waals surface area contributed by atoms with E-state index < -0.39 is 17.0 Å². The molecule has 0 amide bonds. The first-order chi connectivity index (χ1) is 9.56. The summed E-state index contributed by atoms with van der Waals surface area (Å²) in [5.41, 5.74) is -0.525. The quantitative estimate of drug-likeness (QED) is 0.880. The van der Waals surface area contributed by atoms with E-state index in [1.165, 1.54) is 6.07 Å². The summed E-state index contributed by atoms with van der Waals surface area (Å²) in [6.45, 7) is 2.02. The number of aromatic amines is 1. The molecule has 20 heavy (non-hydrogen) atoms. The molecule has 1 heterocycles. The molecule has 0 spiro atoms. The van der Waals surface area contributed by atoms with E-state index in [1.54, 1.807) is 6.92 Å². The van der Waals surface area contributed by atoms with E-state index in [4.69, 9.17) is 4.74 Å². The Hall–Kier alpha value is -1.98. The number of carbonyl (C=O) groups excluding carboxylic acids is 1. The van der Waals surface area contributed by atoms with Gasteiger partial charge < -0.3 is 9.72 Å². The van der Waals surface area contributed by atoms with Crippen LogP contribution in [0.3, 0.4) is 0 Å². The average molecular weight is 280 g/mol. The Labute approximate surface area is 114 Å². The summed E-state index contributed by atoms with van der Waals surface area (Å²) in [5, 5.41) is 0. The van der Waals surface area contributed by atoms with Crippen molar-refractivity contribution in [1.82, 2.24) is 9.97 Å². The van der Waals surface area contributed by atoms with Crippen molar-refractivity contribution in [3.8, 4) is 0 Å². The molecule has 1 aromatic heterocycles. The highest BCUT2D eigenvalue weighted by atomic mass is 19.1. The number of ether oxygens (including phenoxy) is 1. The summed E-state index contributed by atoms with van der Waals surface area (Å²) in [6.07, 6.45) is 2.10. The van der Waals surface area contributed by atoms with Crippen molar-refractivity contribution in [2.24, 2.45) is 0 Å². The molecule has 0 unspecified atom stereocenters. The lowest BCUT2D eigenvalue weighted by Gasteiger charge is -2.37. The lowest BCUT2D eigenvalue weighted by Crippen LogP contribution is -2.44. The SMILES string of the molecule is CCOC(=O)C1(c2nc3c(F)cc(F)cc3[nH]2)CCC1. The molecule has 2 aromatic rings. The number of fused-ring (bicyclic) bond motifs is 1. The molecule has 6 heteroatoms. The molecule has 0 radical (unpaired) electrons. The number of benzene rings is 1. The van der Waals surface area contributed by atoms with Gasteiger partial charge in [0.15, 0.2) is 5.82 Å². The number of rotatable bonds is 3. The first kappa shape index (κ1) is 13.0. The second-order valence-corrected chi connectivity index (χ2v) is 5.03. The summed E-state index contributed by atoms with van der Waals surface area (Å²) >= 11 is 0. The third-order valence-electron chi connectivity index (χ3n) is 3.83. The third kappa shape index (κ3) is 1.78. The Kier molecular flexibility index (Phi) is 2.96. The maximum Gasteiger partial charge on any atom is 0.319 e. The topological polar surface area (TPSA) is 55.0 Å². The van der Waals surface area contributed by atoms with Gasteiger partial charge in [-0.3, -0.25) is 4.79 Å².